The van der Waals surface area contributed by atoms with Crippen LogP contribution in [0.5, 0.6) is 0 Å². The third-order valence-corrected chi connectivity index (χ3v) is 4.02. The molecule has 2 aromatic rings. The summed E-state index contributed by atoms with van der Waals surface area (Å²) in [4.78, 5) is 0. The molecule has 2 aromatic carbocycles. The number of benzene rings is 2. The SMILES string of the molecule is Clc1cccc2c1C(c1ccccc1)=C(Br)CN2. The fourth-order valence-electron chi connectivity index (χ4n) is 2.23. The van der Waals surface area contributed by atoms with E-state index in [1.54, 1.807) is 0 Å². The van der Waals surface area contributed by atoms with Crippen LogP contribution >= 0.6 is 27.5 Å². The average molecular weight is 321 g/mol. The van der Waals surface area contributed by atoms with Gasteiger partial charge in [-0.1, -0.05) is 63.9 Å². The topological polar surface area (TPSA) is 12.0 Å². The van der Waals surface area contributed by atoms with Gasteiger partial charge in [0.1, 0.15) is 0 Å². The molecular weight excluding hydrogens is 310 g/mol. The summed E-state index contributed by atoms with van der Waals surface area (Å²) < 4.78 is 1.13. The highest BCUT2D eigenvalue weighted by atomic mass is 79.9. The maximum atomic E-state index is 6.36. The molecule has 0 fully saturated rings. The minimum Gasteiger partial charge on any atom is -0.380 e. The Labute approximate surface area is 120 Å². The fourth-order valence-corrected chi connectivity index (χ4v) is 3.06. The van der Waals surface area contributed by atoms with Crippen LogP contribution in [0.3, 0.4) is 0 Å². The molecule has 18 heavy (non-hydrogen) atoms. The molecule has 1 aliphatic heterocycles. The van der Waals surface area contributed by atoms with Crippen LogP contribution in [-0.2, 0) is 0 Å². The Morgan fingerprint density at radius 2 is 1.78 bits per heavy atom. The van der Waals surface area contributed by atoms with E-state index in [4.69, 9.17) is 11.6 Å². The van der Waals surface area contributed by atoms with Gasteiger partial charge in [0.05, 0.1) is 5.02 Å². The molecule has 90 valence electrons. The van der Waals surface area contributed by atoms with Gasteiger partial charge in [-0.25, -0.2) is 0 Å². The first-order valence-electron chi connectivity index (χ1n) is 5.74. The van der Waals surface area contributed by atoms with Crippen molar-refractivity contribution in [3.05, 3.63) is 69.2 Å². The van der Waals surface area contributed by atoms with E-state index in [-0.39, 0.29) is 0 Å². The largest absolute Gasteiger partial charge is 0.380 e. The van der Waals surface area contributed by atoms with Gasteiger partial charge < -0.3 is 5.32 Å². The number of halogens is 2. The van der Waals surface area contributed by atoms with Crippen LogP contribution in [0.15, 0.2) is 53.0 Å². The molecule has 0 aromatic heterocycles. The van der Waals surface area contributed by atoms with E-state index >= 15 is 0 Å². The number of hydrogen-bond acceptors (Lipinski definition) is 1. The third-order valence-electron chi connectivity index (χ3n) is 3.03. The van der Waals surface area contributed by atoms with Crippen LogP contribution in [0.1, 0.15) is 11.1 Å². The highest BCUT2D eigenvalue weighted by molar-refractivity contribution is 9.11. The molecule has 1 N–H and O–H groups in total. The Morgan fingerprint density at radius 1 is 1.00 bits per heavy atom. The molecule has 0 unspecified atom stereocenters. The lowest BCUT2D eigenvalue weighted by atomic mass is 9.94. The van der Waals surface area contributed by atoms with E-state index in [0.29, 0.717) is 0 Å². The first kappa shape index (κ1) is 11.8. The summed E-state index contributed by atoms with van der Waals surface area (Å²) in [7, 11) is 0. The second-order valence-corrected chi connectivity index (χ2v) is 5.53. The molecule has 0 saturated heterocycles. The van der Waals surface area contributed by atoms with Crippen molar-refractivity contribution in [1.82, 2.24) is 0 Å². The lowest BCUT2D eigenvalue weighted by molar-refractivity contribution is 1.27. The minimum absolute atomic E-state index is 0.774. The molecule has 0 atom stereocenters. The first-order chi connectivity index (χ1) is 8.77. The Morgan fingerprint density at radius 3 is 2.56 bits per heavy atom. The summed E-state index contributed by atoms with van der Waals surface area (Å²) in [5, 5.41) is 4.14. The van der Waals surface area contributed by atoms with Crippen molar-refractivity contribution in [1.29, 1.82) is 0 Å². The molecule has 3 heteroatoms. The van der Waals surface area contributed by atoms with Crippen molar-refractivity contribution >= 4 is 38.8 Å². The van der Waals surface area contributed by atoms with Crippen LogP contribution in [0.4, 0.5) is 5.69 Å². The van der Waals surface area contributed by atoms with E-state index in [9.17, 15) is 0 Å². The Kier molecular flexibility index (Phi) is 3.14. The van der Waals surface area contributed by atoms with E-state index < -0.39 is 0 Å². The first-order valence-corrected chi connectivity index (χ1v) is 6.91. The van der Waals surface area contributed by atoms with E-state index in [1.165, 1.54) is 11.1 Å². The molecule has 1 heterocycles. The molecule has 0 amide bonds. The smallest absolute Gasteiger partial charge is 0.0505 e. The van der Waals surface area contributed by atoms with Gasteiger partial charge in [-0.3, -0.25) is 0 Å². The van der Waals surface area contributed by atoms with Crippen LogP contribution in [0.2, 0.25) is 5.02 Å². The zero-order valence-electron chi connectivity index (χ0n) is 9.58. The summed E-state index contributed by atoms with van der Waals surface area (Å²) in [5.41, 5.74) is 4.52. The predicted octanol–water partition coefficient (Wildman–Crippen LogP) is 4.92. The third kappa shape index (κ3) is 1.96. The summed E-state index contributed by atoms with van der Waals surface area (Å²) >= 11 is 10.0. The van der Waals surface area contributed by atoms with Gasteiger partial charge in [-0.05, 0) is 17.7 Å². The standard InChI is InChI=1S/C15H11BrClN/c16-11-9-18-13-8-4-7-12(17)15(13)14(11)10-5-2-1-3-6-10/h1-8,18H,9H2. The Hall–Kier alpha value is -1.25. The number of rotatable bonds is 1. The highest BCUT2D eigenvalue weighted by Crippen LogP contribution is 2.41. The van der Waals surface area contributed by atoms with Gasteiger partial charge in [0.15, 0.2) is 0 Å². The summed E-state index contributed by atoms with van der Waals surface area (Å²) in [6, 6.07) is 16.3. The lowest BCUT2D eigenvalue weighted by Gasteiger charge is -2.23. The Bertz CT molecular complexity index is 620. The fraction of sp³-hybridized carbons (Fsp3) is 0.0667. The van der Waals surface area contributed by atoms with Gasteiger partial charge in [0.25, 0.3) is 0 Å². The average Bonchev–Trinajstić information content (AvgIpc) is 2.40. The normalized spacial score (nSPS) is 14.1. The summed E-state index contributed by atoms with van der Waals surface area (Å²) in [6.45, 7) is 0.789. The van der Waals surface area contributed by atoms with Gasteiger partial charge in [0, 0.05) is 27.9 Å². The van der Waals surface area contributed by atoms with E-state index in [1.807, 2.05) is 30.3 Å². The minimum atomic E-state index is 0.774. The number of hydrogen-bond donors (Lipinski definition) is 1. The molecule has 1 nitrogen and oxygen atoms in total. The second-order valence-electron chi connectivity index (χ2n) is 4.16. The van der Waals surface area contributed by atoms with Crippen molar-refractivity contribution in [2.24, 2.45) is 0 Å². The summed E-state index contributed by atoms with van der Waals surface area (Å²) in [5.74, 6) is 0. The number of nitrogens with one attached hydrogen (secondary N) is 1. The van der Waals surface area contributed by atoms with Crippen molar-refractivity contribution in [2.45, 2.75) is 0 Å². The van der Waals surface area contributed by atoms with Gasteiger partial charge in [0.2, 0.25) is 0 Å². The predicted molar refractivity (Wildman–Crippen MR) is 81.3 cm³/mol. The zero-order chi connectivity index (χ0) is 12.5. The van der Waals surface area contributed by atoms with Crippen LogP contribution < -0.4 is 5.32 Å². The molecule has 0 spiro atoms. The quantitative estimate of drug-likeness (QED) is 0.786. The molecule has 0 aliphatic carbocycles. The maximum Gasteiger partial charge on any atom is 0.0505 e. The number of anilines is 1. The summed E-state index contributed by atoms with van der Waals surface area (Å²) in [6.07, 6.45) is 0. The monoisotopic (exact) mass is 319 g/mol. The molecule has 0 bridgehead atoms. The number of fused-ring (bicyclic) bond motifs is 1. The van der Waals surface area contributed by atoms with Crippen molar-refractivity contribution in [3.8, 4) is 0 Å². The van der Waals surface area contributed by atoms with Gasteiger partial charge in [-0.15, -0.1) is 0 Å². The van der Waals surface area contributed by atoms with Gasteiger partial charge in [-0.2, -0.15) is 0 Å². The van der Waals surface area contributed by atoms with Crippen molar-refractivity contribution in [3.63, 3.8) is 0 Å². The van der Waals surface area contributed by atoms with Crippen LogP contribution in [0.25, 0.3) is 5.57 Å². The van der Waals surface area contributed by atoms with E-state index in [0.717, 1.165) is 27.3 Å². The molecule has 1 aliphatic rings. The van der Waals surface area contributed by atoms with E-state index in [2.05, 4.69) is 39.4 Å². The van der Waals surface area contributed by atoms with Crippen LogP contribution in [0, 0.1) is 0 Å². The van der Waals surface area contributed by atoms with Gasteiger partial charge >= 0.3 is 0 Å². The Balaban J connectivity index is 2.26. The molecule has 3 rings (SSSR count). The zero-order valence-corrected chi connectivity index (χ0v) is 11.9. The van der Waals surface area contributed by atoms with Crippen LogP contribution in [-0.4, -0.2) is 6.54 Å². The lowest BCUT2D eigenvalue weighted by Crippen LogP contribution is -2.12. The molecule has 0 saturated carbocycles. The van der Waals surface area contributed by atoms with Crippen molar-refractivity contribution in [2.75, 3.05) is 11.9 Å². The second kappa shape index (κ2) is 4.79. The molecular formula is C15H11BrClN. The highest BCUT2D eigenvalue weighted by Gasteiger charge is 2.20. The molecule has 0 radical (unpaired) electrons. The van der Waals surface area contributed by atoms with Crippen molar-refractivity contribution < 1.29 is 0 Å². The maximum absolute atomic E-state index is 6.36.